The van der Waals surface area contributed by atoms with Crippen LogP contribution in [0.3, 0.4) is 0 Å². The zero-order valence-electron chi connectivity index (χ0n) is 26.2. The van der Waals surface area contributed by atoms with Crippen molar-refractivity contribution in [1.82, 2.24) is 20.9 Å². The minimum Gasteiger partial charge on any atom is -0.479 e. The highest BCUT2D eigenvalue weighted by molar-refractivity contribution is 6.42. The van der Waals surface area contributed by atoms with E-state index in [4.69, 9.17) is 27.9 Å². The fourth-order valence-corrected chi connectivity index (χ4v) is 6.80. The molecule has 46 heavy (non-hydrogen) atoms. The van der Waals surface area contributed by atoms with E-state index in [0.717, 1.165) is 24.8 Å². The van der Waals surface area contributed by atoms with Crippen molar-refractivity contribution in [3.05, 3.63) is 39.9 Å². The lowest BCUT2D eigenvalue weighted by molar-refractivity contribution is -0.145. The molecule has 0 aromatic heterocycles. The van der Waals surface area contributed by atoms with Gasteiger partial charge in [-0.1, -0.05) is 48.2 Å². The molecule has 1 aliphatic carbocycles. The number of anilines is 1. The molecule has 1 saturated carbocycles. The van der Waals surface area contributed by atoms with E-state index < -0.39 is 59.2 Å². The quantitative estimate of drug-likeness (QED) is 0.345. The molecule has 4 N–H and O–H groups in total. The van der Waals surface area contributed by atoms with Crippen molar-refractivity contribution in [2.24, 2.45) is 5.92 Å². The minimum absolute atomic E-state index is 0.0392. The van der Waals surface area contributed by atoms with Gasteiger partial charge in [0.2, 0.25) is 11.8 Å². The van der Waals surface area contributed by atoms with E-state index >= 15 is 0 Å². The molecule has 14 heteroatoms. The molecule has 5 rings (SSSR count). The number of carbonyl (C=O) groups is 5. The van der Waals surface area contributed by atoms with Gasteiger partial charge in [-0.3, -0.25) is 14.5 Å². The Kier molecular flexibility index (Phi) is 9.79. The van der Waals surface area contributed by atoms with Gasteiger partial charge < -0.3 is 30.7 Å². The lowest BCUT2D eigenvalue weighted by Crippen LogP contribution is -2.58. The molecular formula is C32H41Cl2N5O7. The summed E-state index contributed by atoms with van der Waals surface area (Å²) in [6, 6.07) is 0.724. The zero-order valence-corrected chi connectivity index (χ0v) is 27.7. The summed E-state index contributed by atoms with van der Waals surface area (Å²) in [5.41, 5.74) is -0.605. The highest BCUT2D eigenvalue weighted by atomic mass is 35.5. The summed E-state index contributed by atoms with van der Waals surface area (Å²) in [5.74, 6) is -2.67. The number of hydrogen-bond acceptors (Lipinski definition) is 6. The number of rotatable bonds is 3. The van der Waals surface area contributed by atoms with Gasteiger partial charge in [-0.05, 0) is 70.6 Å². The minimum atomic E-state index is -1.47. The van der Waals surface area contributed by atoms with E-state index in [9.17, 15) is 29.1 Å². The third-order valence-electron chi connectivity index (χ3n) is 8.92. The number of fused-ring (bicyclic) bond motifs is 3. The van der Waals surface area contributed by atoms with Crippen LogP contribution in [0.2, 0.25) is 10.0 Å². The van der Waals surface area contributed by atoms with Crippen molar-refractivity contribution in [2.75, 3.05) is 18.0 Å². The maximum atomic E-state index is 14.1. The smallest absolute Gasteiger partial charge is 0.414 e. The number of carboxylic acid groups (broad SMARTS) is 1. The Morgan fingerprint density at radius 2 is 1.85 bits per heavy atom. The number of carbonyl (C=O) groups excluding carboxylic acids is 4. The Hall–Kier alpha value is -3.51. The molecule has 12 nitrogen and oxygen atoms in total. The van der Waals surface area contributed by atoms with E-state index in [2.05, 4.69) is 16.0 Å². The fraction of sp³-hybridized carbons (Fsp3) is 0.594. The normalized spacial score (nSPS) is 28.2. The van der Waals surface area contributed by atoms with Gasteiger partial charge in [0.05, 0.1) is 22.3 Å². The number of nitrogens with one attached hydrogen (secondary N) is 3. The van der Waals surface area contributed by atoms with Crippen LogP contribution in [0.15, 0.2) is 24.3 Å². The molecule has 4 aliphatic rings. The SMILES string of the molecule is CC(C)(C)NC(=O)N[C@H]1CCCCCC=C[C@@H]2C[C@@]2(C(=O)O)NC(=O)[C@@H]2C[C@@H](OC(=O)N3CCc4cc(Cl)c(Cl)cc43)CN2C1=O. The third-order valence-corrected chi connectivity index (χ3v) is 9.64. The number of amides is 5. The van der Waals surface area contributed by atoms with Gasteiger partial charge >= 0.3 is 18.1 Å². The molecule has 0 radical (unpaired) electrons. The van der Waals surface area contributed by atoms with Gasteiger partial charge in [-0.2, -0.15) is 0 Å². The molecule has 1 saturated heterocycles. The van der Waals surface area contributed by atoms with Crippen LogP contribution in [0.1, 0.15) is 71.3 Å². The zero-order chi connectivity index (χ0) is 33.4. The molecule has 3 aliphatic heterocycles. The van der Waals surface area contributed by atoms with Crippen molar-refractivity contribution in [1.29, 1.82) is 0 Å². The van der Waals surface area contributed by atoms with Crippen LogP contribution < -0.4 is 20.9 Å². The second-order valence-corrected chi connectivity index (χ2v) is 14.4. The van der Waals surface area contributed by atoms with Gasteiger partial charge in [-0.15, -0.1) is 0 Å². The largest absolute Gasteiger partial charge is 0.479 e. The molecule has 5 amide bonds. The molecular weight excluding hydrogens is 637 g/mol. The molecule has 1 aromatic carbocycles. The van der Waals surface area contributed by atoms with E-state index in [0.29, 0.717) is 41.5 Å². The molecule has 0 unspecified atom stereocenters. The molecule has 3 heterocycles. The summed E-state index contributed by atoms with van der Waals surface area (Å²) in [5, 5.41) is 19.1. The van der Waals surface area contributed by atoms with Crippen molar-refractivity contribution >= 4 is 58.8 Å². The molecule has 0 bridgehead atoms. The van der Waals surface area contributed by atoms with Crippen LogP contribution in [-0.2, 0) is 25.5 Å². The first kappa shape index (κ1) is 33.8. The average Bonchev–Trinajstić information content (AvgIpc) is 3.27. The third kappa shape index (κ3) is 7.38. The average molecular weight is 679 g/mol. The summed E-state index contributed by atoms with van der Waals surface area (Å²) < 4.78 is 5.86. The number of carboxylic acids is 1. The van der Waals surface area contributed by atoms with E-state index in [1.165, 1.54) is 9.80 Å². The van der Waals surface area contributed by atoms with Gasteiger partial charge in [0.1, 0.15) is 23.7 Å². The number of urea groups is 1. The van der Waals surface area contributed by atoms with Gasteiger partial charge in [0, 0.05) is 24.4 Å². The first-order valence-electron chi connectivity index (χ1n) is 15.8. The van der Waals surface area contributed by atoms with Crippen molar-refractivity contribution in [2.45, 2.75) is 101 Å². The number of aliphatic carboxylic acids is 1. The van der Waals surface area contributed by atoms with Gasteiger partial charge in [0.25, 0.3) is 0 Å². The highest BCUT2D eigenvalue weighted by Gasteiger charge is 2.61. The monoisotopic (exact) mass is 677 g/mol. The molecule has 2 fully saturated rings. The maximum absolute atomic E-state index is 14.1. The van der Waals surface area contributed by atoms with E-state index in [-0.39, 0.29) is 25.3 Å². The van der Waals surface area contributed by atoms with Crippen LogP contribution in [0.4, 0.5) is 15.3 Å². The standard InChI is InChI=1S/C32H41Cl2N5O7/c1-31(2,3)37-29(44)35-23-10-8-6-4-5-7-9-19-16-32(19,28(42)43)36-26(40)25-14-20(17-39(25)27(23)41)46-30(45)38-12-11-18-13-21(33)22(34)15-24(18)38/h7,9,13,15,19-20,23,25H,4-6,8,10-12,14,16-17H2,1-3H3,(H,36,40)(H,42,43)(H2,35,37,44)/t19-,20-,23+,25+,32-/m1/s1. The van der Waals surface area contributed by atoms with Gasteiger partial charge in [0.15, 0.2) is 0 Å². The Morgan fingerprint density at radius 3 is 2.57 bits per heavy atom. The summed E-state index contributed by atoms with van der Waals surface area (Å²) >= 11 is 12.4. The number of allylic oxidation sites excluding steroid dienone is 1. The Labute approximate surface area is 278 Å². The molecule has 250 valence electrons. The van der Waals surface area contributed by atoms with E-state index in [1.807, 2.05) is 32.9 Å². The predicted molar refractivity (Wildman–Crippen MR) is 172 cm³/mol. The Bertz CT molecular complexity index is 1450. The Morgan fingerprint density at radius 1 is 1.11 bits per heavy atom. The van der Waals surface area contributed by atoms with Crippen LogP contribution in [-0.4, -0.2) is 82.3 Å². The number of benzene rings is 1. The first-order valence-corrected chi connectivity index (χ1v) is 16.5. The van der Waals surface area contributed by atoms with Crippen molar-refractivity contribution < 1.29 is 33.8 Å². The first-order chi connectivity index (χ1) is 21.7. The summed E-state index contributed by atoms with van der Waals surface area (Å²) in [6.07, 6.45) is 6.34. The van der Waals surface area contributed by atoms with Crippen molar-refractivity contribution in [3.63, 3.8) is 0 Å². The van der Waals surface area contributed by atoms with Crippen LogP contribution in [0, 0.1) is 5.92 Å². The lowest BCUT2D eigenvalue weighted by atomic mass is 10.0. The maximum Gasteiger partial charge on any atom is 0.414 e. The topological polar surface area (TPSA) is 157 Å². The van der Waals surface area contributed by atoms with Crippen LogP contribution >= 0.6 is 23.2 Å². The number of hydrogen-bond donors (Lipinski definition) is 4. The van der Waals surface area contributed by atoms with Crippen LogP contribution in [0.5, 0.6) is 0 Å². The van der Waals surface area contributed by atoms with Gasteiger partial charge in [-0.25, -0.2) is 14.4 Å². The molecule has 1 aromatic rings. The fourth-order valence-electron chi connectivity index (χ4n) is 6.46. The number of ether oxygens (including phenoxy) is 1. The number of nitrogens with zero attached hydrogens (tertiary/aromatic N) is 2. The second kappa shape index (κ2) is 13.3. The molecule has 5 atom stereocenters. The highest BCUT2D eigenvalue weighted by Crippen LogP contribution is 2.45. The van der Waals surface area contributed by atoms with Crippen molar-refractivity contribution in [3.8, 4) is 0 Å². The van der Waals surface area contributed by atoms with Crippen LogP contribution in [0.25, 0.3) is 0 Å². The summed E-state index contributed by atoms with van der Waals surface area (Å²) in [7, 11) is 0. The summed E-state index contributed by atoms with van der Waals surface area (Å²) in [4.78, 5) is 69.3. The number of halogens is 2. The lowest BCUT2D eigenvalue weighted by Gasteiger charge is -2.30. The van der Waals surface area contributed by atoms with E-state index in [1.54, 1.807) is 12.1 Å². The second-order valence-electron chi connectivity index (χ2n) is 13.6. The predicted octanol–water partition coefficient (Wildman–Crippen LogP) is 4.41. The molecule has 0 spiro atoms. The Balaban J connectivity index is 1.39. The summed E-state index contributed by atoms with van der Waals surface area (Å²) in [6.45, 7) is 5.71.